The van der Waals surface area contributed by atoms with E-state index in [0.717, 1.165) is 6.39 Å². The molecule has 1 rings (SSSR count). The fraction of sp³-hybridized carbons (Fsp3) is 0.250. The number of nitrogens with zero attached hydrogens (tertiary/aromatic N) is 2. The molecule has 0 aliphatic carbocycles. The van der Waals surface area contributed by atoms with Crippen LogP contribution in [0.2, 0.25) is 0 Å². The smallest absolute Gasteiger partial charge is 0.379 e. The normalized spacial score (nSPS) is 9.00. The fourth-order valence-electron chi connectivity index (χ4n) is 0.352. The molecule has 48 valence electrons. The first kappa shape index (κ1) is 5.74. The molecule has 0 saturated heterocycles. The Balaban J connectivity index is 2.77. The summed E-state index contributed by atoms with van der Waals surface area (Å²) in [5.41, 5.74) is 0. The highest BCUT2D eigenvalue weighted by molar-refractivity contribution is 5.84. The fourth-order valence-corrected chi connectivity index (χ4v) is 0.352. The monoisotopic (exact) mass is 128 g/mol. The molecule has 1 aromatic rings. The Bertz CT molecular complexity index is 194. The number of hydrogen-bond donors (Lipinski definition) is 0. The van der Waals surface area contributed by atoms with Crippen molar-refractivity contribution in [3.63, 3.8) is 0 Å². The first-order chi connectivity index (χ1) is 4.34. The van der Waals surface area contributed by atoms with Gasteiger partial charge in [0.15, 0.2) is 0 Å². The van der Waals surface area contributed by atoms with E-state index in [1.807, 2.05) is 0 Å². The summed E-state index contributed by atoms with van der Waals surface area (Å²) in [5, 5.41) is 3.23. The maximum atomic E-state index is 10.5. The highest BCUT2D eigenvalue weighted by Crippen LogP contribution is 1.89. The second kappa shape index (κ2) is 2.25. The predicted molar refractivity (Wildman–Crippen MR) is 25.6 cm³/mol. The van der Waals surface area contributed by atoms with Gasteiger partial charge in [0, 0.05) is 0 Å². The number of esters is 1. The van der Waals surface area contributed by atoms with Crippen LogP contribution in [0, 0.1) is 0 Å². The van der Waals surface area contributed by atoms with E-state index in [-0.39, 0.29) is 5.82 Å². The van der Waals surface area contributed by atoms with Gasteiger partial charge in [-0.1, -0.05) is 5.16 Å². The third-order valence-electron chi connectivity index (χ3n) is 0.729. The van der Waals surface area contributed by atoms with Gasteiger partial charge in [-0.05, 0) is 0 Å². The van der Waals surface area contributed by atoms with Crippen LogP contribution in [0.25, 0.3) is 0 Å². The molecule has 0 N–H and O–H groups in total. The SMILES string of the molecule is COC(=O)c1ncon1. The van der Waals surface area contributed by atoms with Gasteiger partial charge in [0.2, 0.25) is 6.39 Å². The van der Waals surface area contributed by atoms with Gasteiger partial charge < -0.3 is 9.26 Å². The average Bonchev–Trinajstić information content (AvgIpc) is 2.37. The van der Waals surface area contributed by atoms with Gasteiger partial charge in [0.25, 0.3) is 5.82 Å². The molecule has 5 heteroatoms. The molecular weight excluding hydrogens is 124 g/mol. The van der Waals surface area contributed by atoms with Crippen molar-refractivity contribution in [3.05, 3.63) is 12.2 Å². The van der Waals surface area contributed by atoms with E-state index in [4.69, 9.17) is 0 Å². The van der Waals surface area contributed by atoms with Gasteiger partial charge in [-0.2, -0.15) is 4.98 Å². The van der Waals surface area contributed by atoms with Gasteiger partial charge in [-0.15, -0.1) is 0 Å². The quantitative estimate of drug-likeness (QED) is 0.492. The number of ether oxygens (including phenoxy) is 1. The van der Waals surface area contributed by atoms with Crippen molar-refractivity contribution < 1.29 is 14.1 Å². The molecule has 0 aromatic carbocycles. The molecule has 0 atom stereocenters. The molecule has 0 aliphatic rings. The van der Waals surface area contributed by atoms with Gasteiger partial charge in [0.1, 0.15) is 0 Å². The minimum atomic E-state index is -0.594. The van der Waals surface area contributed by atoms with Crippen molar-refractivity contribution in [1.29, 1.82) is 0 Å². The predicted octanol–water partition coefficient (Wildman–Crippen LogP) is -0.144. The van der Waals surface area contributed by atoms with Crippen LogP contribution < -0.4 is 0 Å². The van der Waals surface area contributed by atoms with Crippen LogP contribution in [0.5, 0.6) is 0 Å². The summed E-state index contributed by atoms with van der Waals surface area (Å²) in [6.07, 6.45) is 1.06. The molecule has 0 spiro atoms. The van der Waals surface area contributed by atoms with Gasteiger partial charge in [-0.3, -0.25) is 0 Å². The lowest BCUT2D eigenvalue weighted by atomic mass is 10.6. The van der Waals surface area contributed by atoms with Crippen molar-refractivity contribution in [2.24, 2.45) is 0 Å². The number of carbonyl (C=O) groups is 1. The molecule has 5 nitrogen and oxygen atoms in total. The highest BCUT2D eigenvalue weighted by Gasteiger charge is 2.08. The lowest BCUT2D eigenvalue weighted by Crippen LogP contribution is -2.02. The van der Waals surface area contributed by atoms with E-state index in [1.54, 1.807) is 0 Å². The summed E-state index contributed by atoms with van der Waals surface area (Å²) in [4.78, 5) is 13.9. The Morgan fingerprint density at radius 3 is 3.11 bits per heavy atom. The van der Waals surface area contributed by atoms with Crippen LogP contribution in [-0.2, 0) is 4.74 Å². The zero-order valence-corrected chi connectivity index (χ0v) is 4.70. The molecular formula is C4H4N2O3. The zero-order valence-electron chi connectivity index (χ0n) is 4.70. The second-order valence-electron chi connectivity index (χ2n) is 1.25. The molecule has 1 heterocycles. The van der Waals surface area contributed by atoms with Crippen molar-refractivity contribution in [2.75, 3.05) is 7.11 Å². The van der Waals surface area contributed by atoms with Crippen molar-refractivity contribution in [1.82, 2.24) is 10.1 Å². The zero-order chi connectivity index (χ0) is 6.69. The van der Waals surface area contributed by atoms with Crippen LogP contribution in [-0.4, -0.2) is 23.2 Å². The standard InChI is InChI=1S/C4H4N2O3/c1-8-4(7)3-5-2-9-6-3/h2H,1H3. The summed E-state index contributed by atoms with van der Waals surface area (Å²) in [6.45, 7) is 0. The Kier molecular flexibility index (Phi) is 1.44. The third-order valence-corrected chi connectivity index (χ3v) is 0.729. The molecule has 0 unspecified atom stereocenters. The first-order valence-electron chi connectivity index (χ1n) is 2.19. The van der Waals surface area contributed by atoms with Crippen LogP contribution in [0.1, 0.15) is 10.6 Å². The maximum absolute atomic E-state index is 10.5. The highest BCUT2D eigenvalue weighted by atomic mass is 16.5. The van der Waals surface area contributed by atoms with Crippen LogP contribution in [0.15, 0.2) is 10.9 Å². The topological polar surface area (TPSA) is 65.2 Å². The van der Waals surface area contributed by atoms with Gasteiger partial charge in [0.05, 0.1) is 7.11 Å². The van der Waals surface area contributed by atoms with E-state index in [2.05, 4.69) is 19.4 Å². The molecule has 0 bridgehead atoms. The van der Waals surface area contributed by atoms with E-state index in [1.165, 1.54) is 7.11 Å². The minimum absolute atomic E-state index is 0.0579. The summed E-state index contributed by atoms with van der Waals surface area (Å²) in [7, 11) is 1.25. The molecule has 9 heavy (non-hydrogen) atoms. The second-order valence-corrected chi connectivity index (χ2v) is 1.25. The number of methoxy groups -OCH3 is 1. The Morgan fingerprint density at radius 2 is 2.67 bits per heavy atom. The van der Waals surface area contributed by atoms with E-state index in [0.29, 0.717) is 0 Å². The largest absolute Gasteiger partial charge is 0.463 e. The Morgan fingerprint density at radius 1 is 1.89 bits per heavy atom. The molecule has 1 aromatic heterocycles. The molecule has 0 saturated carbocycles. The summed E-state index contributed by atoms with van der Waals surface area (Å²) < 4.78 is 8.55. The van der Waals surface area contributed by atoms with Gasteiger partial charge in [-0.25, -0.2) is 4.79 Å². The number of hydrogen-bond acceptors (Lipinski definition) is 5. The average molecular weight is 128 g/mol. The molecule has 0 amide bonds. The number of rotatable bonds is 1. The molecule has 0 fully saturated rings. The van der Waals surface area contributed by atoms with Crippen LogP contribution >= 0.6 is 0 Å². The maximum Gasteiger partial charge on any atom is 0.379 e. The van der Waals surface area contributed by atoms with Crippen molar-refractivity contribution in [2.45, 2.75) is 0 Å². The molecule has 0 radical (unpaired) electrons. The van der Waals surface area contributed by atoms with Crippen LogP contribution in [0.4, 0.5) is 0 Å². The van der Waals surface area contributed by atoms with E-state index < -0.39 is 5.97 Å². The van der Waals surface area contributed by atoms with E-state index in [9.17, 15) is 4.79 Å². The van der Waals surface area contributed by atoms with Gasteiger partial charge >= 0.3 is 5.97 Å². The Labute approximate surface area is 50.6 Å². The van der Waals surface area contributed by atoms with Crippen molar-refractivity contribution >= 4 is 5.97 Å². The van der Waals surface area contributed by atoms with Crippen LogP contribution in [0.3, 0.4) is 0 Å². The lowest BCUT2D eigenvalue weighted by molar-refractivity contribution is 0.0583. The number of carbonyl (C=O) groups excluding carboxylic acids is 1. The summed E-state index contributed by atoms with van der Waals surface area (Å²) >= 11 is 0. The molecule has 0 aliphatic heterocycles. The first-order valence-corrected chi connectivity index (χ1v) is 2.19. The van der Waals surface area contributed by atoms with Crippen molar-refractivity contribution in [3.8, 4) is 0 Å². The summed E-state index contributed by atoms with van der Waals surface area (Å²) in [5.74, 6) is -0.652. The number of aromatic nitrogens is 2. The lowest BCUT2D eigenvalue weighted by Gasteiger charge is -1.86. The Hall–Kier alpha value is -1.39. The third kappa shape index (κ3) is 1.04. The minimum Gasteiger partial charge on any atom is -0.463 e. The summed E-state index contributed by atoms with van der Waals surface area (Å²) in [6, 6.07) is 0. The van der Waals surface area contributed by atoms with E-state index >= 15 is 0 Å².